The molecule has 1 amide bonds. The first kappa shape index (κ1) is 15.1. The number of nitrogens with zero attached hydrogens (tertiary/aromatic N) is 1. The van der Waals surface area contributed by atoms with Crippen LogP contribution in [0.3, 0.4) is 0 Å². The Labute approximate surface area is 134 Å². The Hall–Kier alpha value is -2.82. The summed E-state index contributed by atoms with van der Waals surface area (Å²) >= 11 is 0. The molecule has 2 aromatic heterocycles. The minimum atomic E-state index is -0.145. The molecule has 0 fully saturated rings. The van der Waals surface area contributed by atoms with Gasteiger partial charge in [-0.2, -0.15) is 0 Å². The van der Waals surface area contributed by atoms with E-state index in [0.717, 1.165) is 22.9 Å². The molecule has 3 aromatic rings. The third-order valence-corrected chi connectivity index (χ3v) is 3.52. The first-order valence-corrected chi connectivity index (χ1v) is 7.69. The Morgan fingerprint density at radius 3 is 2.96 bits per heavy atom. The number of ether oxygens (including phenoxy) is 1. The summed E-state index contributed by atoms with van der Waals surface area (Å²) in [6, 6.07) is 11.5. The van der Waals surface area contributed by atoms with Crippen molar-refractivity contribution in [1.82, 2.24) is 15.3 Å². The van der Waals surface area contributed by atoms with Gasteiger partial charge in [-0.15, -0.1) is 0 Å². The lowest BCUT2D eigenvalue weighted by atomic mass is 10.1. The van der Waals surface area contributed by atoms with E-state index in [1.54, 1.807) is 12.1 Å². The molecule has 1 aromatic carbocycles. The van der Waals surface area contributed by atoms with Crippen LogP contribution >= 0.6 is 0 Å². The van der Waals surface area contributed by atoms with Crippen molar-refractivity contribution < 1.29 is 9.53 Å². The molecular formula is C18H19N3O2. The zero-order chi connectivity index (χ0) is 16.1. The molecule has 0 saturated carbocycles. The number of aromatic amines is 1. The quantitative estimate of drug-likeness (QED) is 0.734. The van der Waals surface area contributed by atoms with Crippen molar-refractivity contribution in [3.8, 4) is 5.88 Å². The second-order valence-corrected chi connectivity index (χ2v) is 5.32. The van der Waals surface area contributed by atoms with Crippen molar-refractivity contribution in [3.05, 3.63) is 59.9 Å². The van der Waals surface area contributed by atoms with Crippen molar-refractivity contribution in [2.24, 2.45) is 0 Å². The fourth-order valence-electron chi connectivity index (χ4n) is 2.30. The maximum atomic E-state index is 12.2. The molecule has 5 nitrogen and oxygen atoms in total. The number of carbonyl (C=O) groups is 1. The van der Waals surface area contributed by atoms with Crippen molar-refractivity contribution in [2.75, 3.05) is 6.61 Å². The number of pyridine rings is 1. The predicted molar refractivity (Wildman–Crippen MR) is 89.5 cm³/mol. The highest BCUT2D eigenvalue weighted by atomic mass is 16.5. The summed E-state index contributed by atoms with van der Waals surface area (Å²) in [4.78, 5) is 19.4. The fraction of sp³-hybridized carbons (Fsp3) is 0.222. The first-order chi connectivity index (χ1) is 11.3. The molecule has 118 valence electrons. The fourth-order valence-corrected chi connectivity index (χ4v) is 2.30. The summed E-state index contributed by atoms with van der Waals surface area (Å²) in [6.07, 6.45) is 4.37. The summed E-state index contributed by atoms with van der Waals surface area (Å²) in [5, 5.41) is 4.04. The summed E-state index contributed by atoms with van der Waals surface area (Å²) in [7, 11) is 0. The van der Waals surface area contributed by atoms with Crippen molar-refractivity contribution in [3.63, 3.8) is 0 Å². The number of nitrogens with one attached hydrogen (secondary N) is 2. The largest absolute Gasteiger partial charge is 0.478 e. The molecule has 3 rings (SSSR count). The second kappa shape index (κ2) is 6.96. The lowest BCUT2D eigenvalue weighted by Crippen LogP contribution is -2.22. The Bertz CT molecular complexity index is 793. The molecule has 2 N–H and O–H groups in total. The maximum absolute atomic E-state index is 12.2. The Kier molecular flexibility index (Phi) is 4.57. The molecule has 0 aliphatic heterocycles. The van der Waals surface area contributed by atoms with Gasteiger partial charge in [0.2, 0.25) is 5.88 Å². The molecular weight excluding hydrogens is 290 g/mol. The summed E-state index contributed by atoms with van der Waals surface area (Å²) < 4.78 is 5.41. The average molecular weight is 309 g/mol. The van der Waals surface area contributed by atoms with Gasteiger partial charge < -0.3 is 15.0 Å². The Morgan fingerprint density at radius 2 is 2.17 bits per heavy atom. The highest BCUT2D eigenvalue weighted by Gasteiger charge is 2.07. The van der Waals surface area contributed by atoms with Gasteiger partial charge in [0, 0.05) is 30.5 Å². The van der Waals surface area contributed by atoms with Gasteiger partial charge in [-0.3, -0.25) is 4.79 Å². The Balaban J connectivity index is 1.60. The van der Waals surface area contributed by atoms with Crippen LogP contribution in [0, 0.1) is 0 Å². The van der Waals surface area contributed by atoms with Gasteiger partial charge in [0.15, 0.2) is 0 Å². The smallest absolute Gasteiger partial charge is 0.253 e. The molecule has 0 atom stereocenters. The van der Waals surface area contributed by atoms with Gasteiger partial charge in [-0.1, -0.05) is 13.0 Å². The Morgan fingerprint density at radius 1 is 1.26 bits per heavy atom. The molecule has 0 unspecified atom stereocenters. The standard InChI is InChI=1S/C18H19N3O2/c1-2-9-23-17-6-4-15(12-20-17)18(22)21-11-13-3-5-16-14(10-13)7-8-19-16/h3-8,10,12,19H,2,9,11H2,1H3,(H,21,22). The van der Waals surface area contributed by atoms with Gasteiger partial charge in [0.05, 0.1) is 12.2 Å². The number of aromatic nitrogens is 2. The molecule has 0 bridgehead atoms. The van der Waals surface area contributed by atoms with E-state index in [1.807, 2.05) is 31.3 Å². The van der Waals surface area contributed by atoms with E-state index >= 15 is 0 Å². The number of H-pyrrole nitrogens is 1. The number of carbonyl (C=O) groups excluding carboxylic acids is 1. The monoisotopic (exact) mass is 309 g/mol. The minimum absolute atomic E-state index is 0.145. The van der Waals surface area contributed by atoms with Crippen LogP contribution in [0.5, 0.6) is 5.88 Å². The minimum Gasteiger partial charge on any atom is -0.478 e. The summed E-state index contributed by atoms with van der Waals surface area (Å²) in [6.45, 7) is 3.14. The average Bonchev–Trinajstić information content (AvgIpc) is 3.06. The normalized spacial score (nSPS) is 10.7. The number of amides is 1. The van der Waals surface area contributed by atoms with Crippen LogP contribution in [0.4, 0.5) is 0 Å². The van der Waals surface area contributed by atoms with Crippen molar-refractivity contribution in [1.29, 1.82) is 0 Å². The van der Waals surface area contributed by atoms with Crippen LogP contribution < -0.4 is 10.1 Å². The molecule has 0 aliphatic carbocycles. The maximum Gasteiger partial charge on any atom is 0.253 e. The third-order valence-electron chi connectivity index (χ3n) is 3.52. The number of fused-ring (bicyclic) bond motifs is 1. The number of hydrogen-bond donors (Lipinski definition) is 2. The second-order valence-electron chi connectivity index (χ2n) is 5.32. The van der Waals surface area contributed by atoms with Gasteiger partial charge in [-0.25, -0.2) is 4.98 Å². The van der Waals surface area contributed by atoms with E-state index in [0.29, 0.717) is 24.6 Å². The van der Waals surface area contributed by atoms with Gasteiger partial charge in [0.25, 0.3) is 5.91 Å². The predicted octanol–water partition coefficient (Wildman–Crippen LogP) is 3.28. The molecule has 2 heterocycles. The molecule has 0 spiro atoms. The molecule has 0 aliphatic rings. The van der Waals surface area contributed by atoms with E-state index in [-0.39, 0.29) is 5.91 Å². The van der Waals surface area contributed by atoms with Crippen LogP contribution in [-0.2, 0) is 6.54 Å². The van der Waals surface area contributed by atoms with E-state index in [2.05, 4.69) is 21.4 Å². The van der Waals surface area contributed by atoms with Crippen molar-refractivity contribution >= 4 is 16.8 Å². The summed E-state index contributed by atoms with van der Waals surface area (Å²) in [5.41, 5.74) is 2.67. The topological polar surface area (TPSA) is 67.0 Å². The SMILES string of the molecule is CCCOc1ccc(C(=O)NCc2ccc3[nH]ccc3c2)cn1. The molecule has 0 radical (unpaired) electrons. The van der Waals surface area contributed by atoms with Crippen molar-refractivity contribution in [2.45, 2.75) is 19.9 Å². The first-order valence-electron chi connectivity index (χ1n) is 7.69. The van der Waals surface area contributed by atoms with E-state index in [1.165, 1.54) is 6.20 Å². The van der Waals surface area contributed by atoms with Crippen LogP contribution in [0.2, 0.25) is 0 Å². The zero-order valence-corrected chi connectivity index (χ0v) is 13.0. The van der Waals surface area contributed by atoms with E-state index < -0.39 is 0 Å². The summed E-state index contributed by atoms with van der Waals surface area (Å²) in [5.74, 6) is 0.398. The highest BCUT2D eigenvalue weighted by Crippen LogP contribution is 2.14. The lowest BCUT2D eigenvalue weighted by molar-refractivity contribution is 0.0950. The van der Waals surface area contributed by atoms with Gasteiger partial charge in [0.1, 0.15) is 0 Å². The number of hydrogen-bond acceptors (Lipinski definition) is 3. The zero-order valence-electron chi connectivity index (χ0n) is 13.0. The molecule has 5 heteroatoms. The lowest BCUT2D eigenvalue weighted by Gasteiger charge is -2.07. The number of benzene rings is 1. The molecule has 0 saturated heterocycles. The molecule has 23 heavy (non-hydrogen) atoms. The van der Waals surface area contributed by atoms with E-state index in [9.17, 15) is 4.79 Å². The van der Waals surface area contributed by atoms with Crippen LogP contribution in [0.15, 0.2) is 48.8 Å². The van der Waals surface area contributed by atoms with E-state index in [4.69, 9.17) is 4.74 Å². The number of rotatable bonds is 6. The van der Waals surface area contributed by atoms with Crippen LogP contribution in [-0.4, -0.2) is 22.5 Å². The van der Waals surface area contributed by atoms with Crippen LogP contribution in [0.1, 0.15) is 29.3 Å². The van der Waals surface area contributed by atoms with Crippen LogP contribution in [0.25, 0.3) is 10.9 Å². The van der Waals surface area contributed by atoms with Gasteiger partial charge in [-0.05, 0) is 41.6 Å². The highest BCUT2D eigenvalue weighted by molar-refractivity contribution is 5.93. The van der Waals surface area contributed by atoms with Gasteiger partial charge >= 0.3 is 0 Å². The third kappa shape index (κ3) is 3.69.